The fraction of sp³-hybridized carbons (Fsp3) is 0.444. The molecule has 0 aliphatic carbocycles. The fourth-order valence-electron chi connectivity index (χ4n) is 2.89. The van der Waals surface area contributed by atoms with Gasteiger partial charge in [-0.3, -0.25) is 9.98 Å². The molecule has 1 aliphatic heterocycles. The number of piperazine rings is 1. The molecule has 1 aliphatic rings. The summed E-state index contributed by atoms with van der Waals surface area (Å²) in [6.45, 7) is 6.99. The maximum atomic E-state index is 4.44. The van der Waals surface area contributed by atoms with Crippen molar-refractivity contribution >= 4 is 46.3 Å². The Kier molecular flexibility index (Phi) is 7.95. The van der Waals surface area contributed by atoms with Gasteiger partial charge in [0.05, 0.1) is 5.00 Å². The number of thiophene rings is 1. The number of aromatic nitrogens is 1. The number of nitrogens with zero attached hydrogens (tertiary/aromatic N) is 4. The zero-order valence-corrected chi connectivity index (χ0v) is 18.0. The number of rotatable bonds is 4. The summed E-state index contributed by atoms with van der Waals surface area (Å²) in [7, 11) is 1.86. The second-order valence-electron chi connectivity index (χ2n) is 5.96. The minimum absolute atomic E-state index is 0. The van der Waals surface area contributed by atoms with Crippen molar-refractivity contribution in [2.24, 2.45) is 4.99 Å². The number of hydrogen-bond donors (Lipinski definition) is 1. The molecule has 2 aromatic heterocycles. The van der Waals surface area contributed by atoms with E-state index in [0.717, 1.165) is 50.8 Å². The molecule has 2 aromatic rings. The van der Waals surface area contributed by atoms with Crippen LogP contribution >= 0.6 is 35.3 Å². The summed E-state index contributed by atoms with van der Waals surface area (Å²) in [5.41, 5.74) is 2.32. The number of aryl methyl sites for hydroxylation is 1. The van der Waals surface area contributed by atoms with Gasteiger partial charge < -0.3 is 15.1 Å². The predicted octanol–water partition coefficient (Wildman–Crippen LogP) is 3.01. The zero-order chi connectivity index (χ0) is 16.8. The van der Waals surface area contributed by atoms with Gasteiger partial charge in [0.15, 0.2) is 5.96 Å². The first kappa shape index (κ1) is 20.0. The SMILES string of the molecule is CN=C(NCCc1ccc(C)nc1)N1CCN(c2cccs2)CC1.I. The zero-order valence-electron chi connectivity index (χ0n) is 14.8. The van der Waals surface area contributed by atoms with Crippen LogP contribution in [-0.2, 0) is 6.42 Å². The van der Waals surface area contributed by atoms with Gasteiger partial charge in [0, 0.05) is 51.7 Å². The summed E-state index contributed by atoms with van der Waals surface area (Å²) >= 11 is 1.81. The third-order valence-corrected chi connectivity index (χ3v) is 5.21. The van der Waals surface area contributed by atoms with Crippen LogP contribution in [-0.4, -0.2) is 55.6 Å². The number of hydrogen-bond acceptors (Lipinski definition) is 4. The Balaban J connectivity index is 0.00000225. The lowest BCUT2D eigenvalue weighted by molar-refractivity contribution is 0.374. The number of pyridine rings is 1. The van der Waals surface area contributed by atoms with Crippen molar-refractivity contribution in [1.82, 2.24) is 15.2 Å². The first-order chi connectivity index (χ1) is 11.8. The Hall–Kier alpha value is -1.35. The van der Waals surface area contributed by atoms with Crippen molar-refractivity contribution in [3.63, 3.8) is 0 Å². The average molecular weight is 471 g/mol. The minimum Gasteiger partial charge on any atom is -0.360 e. The average Bonchev–Trinajstić information content (AvgIpc) is 3.15. The van der Waals surface area contributed by atoms with Crippen LogP contribution in [0.2, 0.25) is 0 Å². The van der Waals surface area contributed by atoms with Crippen molar-refractivity contribution in [3.05, 3.63) is 47.1 Å². The summed E-state index contributed by atoms with van der Waals surface area (Å²) in [5.74, 6) is 1.00. The first-order valence-corrected chi connectivity index (χ1v) is 9.30. The molecular weight excluding hydrogens is 445 g/mol. The van der Waals surface area contributed by atoms with E-state index >= 15 is 0 Å². The smallest absolute Gasteiger partial charge is 0.193 e. The molecule has 0 spiro atoms. The Bertz CT molecular complexity index is 649. The molecule has 136 valence electrons. The molecule has 0 aromatic carbocycles. The molecule has 0 atom stereocenters. The molecule has 1 N–H and O–H groups in total. The molecular formula is C18H26IN5S. The topological polar surface area (TPSA) is 43.8 Å². The third-order valence-electron chi connectivity index (χ3n) is 4.28. The number of nitrogens with one attached hydrogen (secondary N) is 1. The van der Waals surface area contributed by atoms with E-state index in [0.29, 0.717) is 0 Å². The van der Waals surface area contributed by atoms with E-state index in [9.17, 15) is 0 Å². The van der Waals surface area contributed by atoms with Crippen molar-refractivity contribution in [3.8, 4) is 0 Å². The van der Waals surface area contributed by atoms with E-state index in [1.807, 2.05) is 31.5 Å². The van der Waals surface area contributed by atoms with E-state index in [1.54, 1.807) is 0 Å². The van der Waals surface area contributed by atoms with Crippen LogP contribution in [0.3, 0.4) is 0 Å². The molecule has 0 amide bonds. The van der Waals surface area contributed by atoms with E-state index < -0.39 is 0 Å². The number of guanidine groups is 1. The Labute approximate surface area is 171 Å². The third kappa shape index (κ3) is 5.57. The van der Waals surface area contributed by atoms with Crippen LogP contribution < -0.4 is 10.2 Å². The molecule has 0 unspecified atom stereocenters. The molecule has 0 saturated carbocycles. The largest absolute Gasteiger partial charge is 0.360 e. The lowest BCUT2D eigenvalue weighted by Crippen LogP contribution is -2.52. The van der Waals surface area contributed by atoms with Gasteiger partial charge in [-0.05, 0) is 42.5 Å². The van der Waals surface area contributed by atoms with Gasteiger partial charge in [0.25, 0.3) is 0 Å². The normalized spacial score (nSPS) is 15.0. The summed E-state index contributed by atoms with van der Waals surface area (Å²) in [6, 6.07) is 8.52. The van der Waals surface area contributed by atoms with Crippen LogP contribution in [0.25, 0.3) is 0 Å². The van der Waals surface area contributed by atoms with Crippen LogP contribution in [0.4, 0.5) is 5.00 Å². The van der Waals surface area contributed by atoms with E-state index in [-0.39, 0.29) is 24.0 Å². The van der Waals surface area contributed by atoms with E-state index in [2.05, 4.69) is 54.7 Å². The molecule has 0 bridgehead atoms. The monoisotopic (exact) mass is 471 g/mol. The Morgan fingerprint density at radius 3 is 2.64 bits per heavy atom. The van der Waals surface area contributed by atoms with Crippen LogP contribution in [0, 0.1) is 6.92 Å². The van der Waals surface area contributed by atoms with Gasteiger partial charge >= 0.3 is 0 Å². The Morgan fingerprint density at radius 1 is 1.24 bits per heavy atom. The van der Waals surface area contributed by atoms with Crippen LogP contribution in [0.15, 0.2) is 40.8 Å². The summed E-state index contributed by atoms with van der Waals surface area (Å²) in [4.78, 5) is 13.6. The maximum absolute atomic E-state index is 4.44. The van der Waals surface area contributed by atoms with E-state index in [4.69, 9.17) is 0 Å². The van der Waals surface area contributed by atoms with Gasteiger partial charge in [0.1, 0.15) is 0 Å². The molecule has 7 heteroatoms. The fourth-order valence-corrected chi connectivity index (χ4v) is 3.67. The van der Waals surface area contributed by atoms with Crippen molar-refractivity contribution < 1.29 is 0 Å². The molecule has 3 heterocycles. The molecule has 1 fully saturated rings. The molecule has 25 heavy (non-hydrogen) atoms. The lowest BCUT2D eigenvalue weighted by Gasteiger charge is -2.37. The van der Waals surface area contributed by atoms with Crippen molar-refractivity contribution in [2.75, 3.05) is 44.7 Å². The van der Waals surface area contributed by atoms with Crippen molar-refractivity contribution in [2.45, 2.75) is 13.3 Å². The van der Waals surface area contributed by atoms with Crippen molar-refractivity contribution in [1.29, 1.82) is 0 Å². The summed E-state index contributed by atoms with van der Waals surface area (Å²) in [5, 5.41) is 6.99. The second-order valence-corrected chi connectivity index (χ2v) is 6.88. The standard InChI is InChI=1S/C18H25N5S.HI/c1-15-5-6-16(14-21-15)7-8-20-18(19-2)23-11-9-22(10-12-23)17-4-3-13-24-17;/h3-6,13-14H,7-12H2,1-2H3,(H,19,20);1H. The second kappa shape index (κ2) is 9.96. The highest BCUT2D eigenvalue weighted by atomic mass is 127. The van der Waals surface area contributed by atoms with Gasteiger partial charge in [-0.1, -0.05) is 6.07 Å². The number of aliphatic imine (C=N–C) groups is 1. The molecule has 1 saturated heterocycles. The van der Waals surface area contributed by atoms with Gasteiger partial charge in [-0.25, -0.2) is 0 Å². The Morgan fingerprint density at radius 2 is 2.04 bits per heavy atom. The quantitative estimate of drug-likeness (QED) is 0.423. The predicted molar refractivity (Wildman–Crippen MR) is 118 cm³/mol. The maximum Gasteiger partial charge on any atom is 0.193 e. The lowest BCUT2D eigenvalue weighted by atomic mass is 10.2. The summed E-state index contributed by atoms with van der Waals surface area (Å²) in [6.07, 6.45) is 2.92. The van der Waals surface area contributed by atoms with Gasteiger partial charge in [0.2, 0.25) is 0 Å². The number of anilines is 1. The van der Waals surface area contributed by atoms with Gasteiger partial charge in [-0.2, -0.15) is 0 Å². The molecule has 0 radical (unpaired) electrons. The van der Waals surface area contributed by atoms with Crippen LogP contribution in [0.1, 0.15) is 11.3 Å². The molecule has 3 rings (SSSR count). The van der Waals surface area contributed by atoms with E-state index in [1.165, 1.54) is 10.6 Å². The minimum atomic E-state index is 0. The summed E-state index contributed by atoms with van der Waals surface area (Å²) < 4.78 is 0. The highest BCUT2D eigenvalue weighted by Crippen LogP contribution is 2.22. The number of halogens is 1. The first-order valence-electron chi connectivity index (χ1n) is 8.42. The van der Waals surface area contributed by atoms with Gasteiger partial charge in [-0.15, -0.1) is 35.3 Å². The van der Waals surface area contributed by atoms with Crippen LogP contribution in [0.5, 0.6) is 0 Å². The highest BCUT2D eigenvalue weighted by molar-refractivity contribution is 14.0. The molecule has 5 nitrogen and oxygen atoms in total. The highest BCUT2D eigenvalue weighted by Gasteiger charge is 2.19.